The number of rotatable bonds is 5. The summed E-state index contributed by atoms with van der Waals surface area (Å²) >= 11 is 5.72. The van der Waals surface area contributed by atoms with Crippen molar-refractivity contribution in [2.45, 2.75) is 6.92 Å². The number of amides is 5. The van der Waals surface area contributed by atoms with Gasteiger partial charge in [0.1, 0.15) is 5.75 Å². The van der Waals surface area contributed by atoms with Gasteiger partial charge in [-0.2, -0.15) is 0 Å². The van der Waals surface area contributed by atoms with Crippen LogP contribution < -0.4 is 26.0 Å². The molecule has 0 aromatic heterocycles. The molecule has 0 unspecified atom stereocenters. The first-order valence-electron chi connectivity index (χ1n) is 8.25. The molecular formula is C18H17ClF2N4O4. The predicted octanol–water partition coefficient (Wildman–Crippen LogP) is 3.73. The molecule has 0 bridgehead atoms. The second-order valence-corrected chi connectivity index (χ2v) is 5.96. The van der Waals surface area contributed by atoms with E-state index in [1.54, 1.807) is 13.0 Å². The maximum atomic E-state index is 13.3. The second-order valence-electron chi connectivity index (χ2n) is 5.55. The number of hydrogen-bond donors (Lipinski definition) is 4. The maximum Gasteiger partial charge on any atom is 0.326 e. The summed E-state index contributed by atoms with van der Waals surface area (Å²) in [5.74, 6) is -3.30. The van der Waals surface area contributed by atoms with Crippen molar-refractivity contribution >= 4 is 40.9 Å². The number of anilines is 2. The molecule has 0 aliphatic carbocycles. The van der Waals surface area contributed by atoms with Crippen molar-refractivity contribution < 1.29 is 27.9 Å². The molecular weight excluding hydrogens is 410 g/mol. The molecule has 0 radical (unpaired) electrons. The smallest absolute Gasteiger partial charge is 0.326 e. The fourth-order valence-electron chi connectivity index (χ4n) is 2.24. The Bertz CT molecular complexity index is 956. The van der Waals surface area contributed by atoms with E-state index >= 15 is 0 Å². The maximum absolute atomic E-state index is 13.3. The summed E-state index contributed by atoms with van der Waals surface area (Å²) in [5, 5.41) is 9.06. The number of urea groups is 2. The summed E-state index contributed by atoms with van der Waals surface area (Å²) < 4.78 is 31.6. The van der Waals surface area contributed by atoms with Gasteiger partial charge >= 0.3 is 12.1 Å². The molecule has 4 N–H and O–H groups in total. The van der Waals surface area contributed by atoms with Crippen molar-refractivity contribution in [1.82, 2.24) is 10.6 Å². The molecule has 2 rings (SSSR count). The van der Waals surface area contributed by atoms with Gasteiger partial charge in [-0.05, 0) is 37.3 Å². The summed E-state index contributed by atoms with van der Waals surface area (Å²) in [6.07, 6.45) is 0. The molecule has 0 saturated carbocycles. The van der Waals surface area contributed by atoms with Crippen LogP contribution in [0.2, 0.25) is 5.02 Å². The zero-order valence-corrected chi connectivity index (χ0v) is 16.1. The minimum Gasteiger partial charge on any atom is -0.495 e. The van der Waals surface area contributed by atoms with Crippen molar-refractivity contribution in [3.8, 4) is 5.75 Å². The minimum atomic E-state index is -1.29. The van der Waals surface area contributed by atoms with Gasteiger partial charge in [0, 0.05) is 12.2 Å². The Labute approximate surface area is 169 Å². The quantitative estimate of drug-likeness (QED) is 0.546. The van der Waals surface area contributed by atoms with E-state index in [4.69, 9.17) is 16.3 Å². The number of benzene rings is 2. The summed E-state index contributed by atoms with van der Waals surface area (Å²) in [5.41, 5.74) is 0.0739. The van der Waals surface area contributed by atoms with E-state index in [-0.39, 0.29) is 16.5 Å². The summed E-state index contributed by atoms with van der Waals surface area (Å²) in [6, 6.07) is 4.22. The van der Waals surface area contributed by atoms with Gasteiger partial charge in [0.15, 0.2) is 11.6 Å². The van der Waals surface area contributed by atoms with Gasteiger partial charge in [-0.15, -0.1) is 0 Å². The number of ether oxygens (including phenoxy) is 1. The standard InChI is InChI=1S/C18H17ClF2N4O4/c1-3-22-17(27)23-9-4-5-15(29-2)14(6-9)24-18(28)25-16(26)10-7-12(20)13(21)8-11(10)19/h4-8H,3H2,1-2H3,(H2,22,23,27)(H2,24,25,26,28). The van der Waals surface area contributed by atoms with Gasteiger partial charge in [0.05, 0.1) is 23.4 Å². The van der Waals surface area contributed by atoms with Crippen molar-refractivity contribution in [3.05, 3.63) is 52.6 Å². The zero-order chi connectivity index (χ0) is 21.6. The number of hydrogen-bond acceptors (Lipinski definition) is 4. The average molecular weight is 427 g/mol. The molecule has 29 heavy (non-hydrogen) atoms. The Morgan fingerprint density at radius 3 is 2.38 bits per heavy atom. The fraction of sp³-hybridized carbons (Fsp3) is 0.167. The highest BCUT2D eigenvalue weighted by atomic mass is 35.5. The first kappa shape index (κ1) is 21.9. The highest BCUT2D eigenvalue weighted by Gasteiger charge is 2.18. The molecule has 0 aliphatic heterocycles. The Kier molecular flexibility index (Phi) is 7.32. The Balaban J connectivity index is 2.14. The van der Waals surface area contributed by atoms with Gasteiger partial charge in [0.2, 0.25) is 0 Å². The van der Waals surface area contributed by atoms with E-state index in [1.807, 2.05) is 5.32 Å². The molecule has 0 heterocycles. The third-order valence-electron chi connectivity index (χ3n) is 3.52. The highest BCUT2D eigenvalue weighted by molar-refractivity contribution is 6.34. The lowest BCUT2D eigenvalue weighted by Gasteiger charge is -2.13. The highest BCUT2D eigenvalue weighted by Crippen LogP contribution is 2.28. The third-order valence-corrected chi connectivity index (χ3v) is 3.84. The predicted molar refractivity (Wildman–Crippen MR) is 104 cm³/mol. The normalized spacial score (nSPS) is 10.1. The second kappa shape index (κ2) is 9.69. The third kappa shape index (κ3) is 5.79. The Morgan fingerprint density at radius 1 is 1.03 bits per heavy atom. The lowest BCUT2D eigenvalue weighted by Crippen LogP contribution is -2.34. The van der Waals surface area contributed by atoms with E-state index in [0.717, 1.165) is 0 Å². The molecule has 5 amide bonds. The monoisotopic (exact) mass is 426 g/mol. The number of halogens is 3. The van der Waals surface area contributed by atoms with Crippen LogP contribution in [0.4, 0.5) is 29.7 Å². The fourth-order valence-corrected chi connectivity index (χ4v) is 2.48. The van der Waals surface area contributed by atoms with Crippen LogP contribution in [-0.4, -0.2) is 31.6 Å². The summed E-state index contributed by atoms with van der Waals surface area (Å²) in [6.45, 7) is 2.17. The number of nitrogens with one attached hydrogen (secondary N) is 4. The lowest BCUT2D eigenvalue weighted by molar-refractivity contribution is 0.0966. The number of carbonyl (C=O) groups excluding carboxylic acids is 3. The first-order chi connectivity index (χ1) is 13.7. The van der Waals surface area contributed by atoms with E-state index in [1.165, 1.54) is 19.2 Å². The van der Waals surface area contributed by atoms with Gasteiger partial charge in [-0.3, -0.25) is 10.1 Å². The molecule has 11 heteroatoms. The zero-order valence-electron chi connectivity index (χ0n) is 15.4. The van der Waals surface area contributed by atoms with E-state index in [0.29, 0.717) is 24.4 Å². The van der Waals surface area contributed by atoms with E-state index in [9.17, 15) is 23.2 Å². The van der Waals surface area contributed by atoms with Gasteiger partial charge < -0.3 is 20.7 Å². The Morgan fingerprint density at radius 2 is 1.72 bits per heavy atom. The van der Waals surface area contributed by atoms with Gasteiger partial charge in [0.25, 0.3) is 5.91 Å². The van der Waals surface area contributed by atoms with E-state index in [2.05, 4.69) is 16.0 Å². The van der Waals surface area contributed by atoms with Crippen LogP contribution in [0.5, 0.6) is 5.75 Å². The number of methoxy groups -OCH3 is 1. The van der Waals surface area contributed by atoms with Crippen LogP contribution >= 0.6 is 11.6 Å². The summed E-state index contributed by atoms with van der Waals surface area (Å²) in [7, 11) is 1.36. The van der Waals surface area contributed by atoms with Crippen LogP contribution in [0.3, 0.4) is 0 Å². The molecule has 0 fully saturated rings. The van der Waals surface area contributed by atoms with Crippen LogP contribution in [0, 0.1) is 11.6 Å². The first-order valence-corrected chi connectivity index (χ1v) is 8.62. The van der Waals surface area contributed by atoms with Crippen LogP contribution in [-0.2, 0) is 0 Å². The number of imide groups is 1. The SMILES string of the molecule is CCNC(=O)Nc1ccc(OC)c(NC(=O)NC(=O)c2cc(F)c(F)cc2Cl)c1. The molecule has 0 atom stereocenters. The molecule has 0 saturated heterocycles. The van der Waals surface area contributed by atoms with Crippen LogP contribution in [0.1, 0.15) is 17.3 Å². The van der Waals surface area contributed by atoms with Crippen LogP contribution in [0.25, 0.3) is 0 Å². The molecule has 2 aromatic rings. The molecule has 0 spiro atoms. The topological polar surface area (TPSA) is 109 Å². The Hall–Kier alpha value is -3.40. The van der Waals surface area contributed by atoms with E-state index < -0.39 is 35.2 Å². The molecule has 2 aromatic carbocycles. The average Bonchev–Trinajstić information content (AvgIpc) is 2.65. The van der Waals surface area contributed by atoms with Gasteiger partial charge in [-0.25, -0.2) is 18.4 Å². The molecule has 154 valence electrons. The van der Waals surface area contributed by atoms with Crippen molar-refractivity contribution in [2.75, 3.05) is 24.3 Å². The van der Waals surface area contributed by atoms with Gasteiger partial charge in [-0.1, -0.05) is 11.6 Å². The molecule has 0 aliphatic rings. The van der Waals surface area contributed by atoms with Crippen molar-refractivity contribution in [1.29, 1.82) is 0 Å². The van der Waals surface area contributed by atoms with Crippen molar-refractivity contribution in [2.24, 2.45) is 0 Å². The minimum absolute atomic E-state index is 0.142. The molecule has 8 nitrogen and oxygen atoms in total. The summed E-state index contributed by atoms with van der Waals surface area (Å²) in [4.78, 5) is 35.9. The largest absolute Gasteiger partial charge is 0.495 e. The van der Waals surface area contributed by atoms with Crippen LogP contribution in [0.15, 0.2) is 30.3 Å². The number of carbonyl (C=O) groups is 3. The van der Waals surface area contributed by atoms with Crippen molar-refractivity contribution in [3.63, 3.8) is 0 Å². The lowest BCUT2D eigenvalue weighted by atomic mass is 10.2.